The van der Waals surface area contributed by atoms with Crippen molar-refractivity contribution >= 4 is 22.6 Å². The number of para-hydroxylation sites is 1. The van der Waals surface area contributed by atoms with Crippen LogP contribution in [0.1, 0.15) is 73.6 Å². The second-order valence-corrected chi connectivity index (χ2v) is 11.4. The molecule has 6 nitrogen and oxygen atoms in total. The summed E-state index contributed by atoms with van der Waals surface area (Å²) in [5, 5.41) is 1.02. The van der Waals surface area contributed by atoms with E-state index in [1.54, 1.807) is 13.3 Å². The normalized spacial score (nSPS) is 15.8. The molecular formula is C38H41N3O3. The Hall–Kier alpha value is -4.58. The van der Waals surface area contributed by atoms with Gasteiger partial charge in [-0.15, -0.1) is 0 Å². The van der Waals surface area contributed by atoms with E-state index in [9.17, 15) is 4.79 Å². The molecule has 0 radical (unpaired) electrons. The fraction of sp³-hybridized carbons (Fsp3) is 0.316. The molecule has 6 rings (SSSR count). The molecule has 0 N–H and O–H groups in total. The van der Waals surface area contributed by atoms with Crippen LogP contribution in [0.2, 0.25) is 0 Å². The summed E-state index contributed by atoms with van der Waals surface area (Å²) in [6.07, 6.45) is 6.15. The van der Waals surface area contributed by atoms with Crippen molar-refractivity contribution in [3.05, 3.63) is 114 Å². The van der Waals surface area contributed by atoms with Gasteiger partial charge >= 0.3 is 5.97 Å². The maximum Gasteiger partial charge on any atom is 0.358 e. The van der Waals surface area contributed by atoms with Gasteiger partial charge in [0.25, 0.3) is 0 Å². The lowest BCUT2D eigenvalue weighted by atomic mass is 9.78. The van der Waals surface area contributed by atoms with Gasteiger partial charge in [-0.3, -0.25) is 0 Å². The minimum absolute atomic E-state index is 0.332. The summed E-state index contributed by atoms with van der Waals surface area (Å²) in [7, 11) is 1.70. The number of aryl methyl sites for hydroxylation is 1. The van der Waals surface area contributed by atoms with Crippen molar-refractivity contribution in [1.29, 1.82) is 0 Å². The summed E-state index contributed by atoms with van der Waals surface area (Å²) in [5.41, 5.74) is 5.72. The van der Waals surface area contributed by atoms with E-state index < -0.39 is 11.6 Å². The maximum atomic E-state index is 13.8. The summed E-state index contributed by atoms with van der Waals surface area (Å²) in [6, 6.07) is 29.0. The number of unbranched alkanes of at least 4 members (excludes halogenated alkanes) is 2. The van der Waals surface area contributed by atoms with Crippen LogP contribution in [-0.4, -0.2) is 35.7 Å². The third kappa shape index (κ3) is 4.83. The Kier molecular flexibility index (Phi) is 8.42. The van der Waals surface area contributed by atoms with Crippen molar-refractivity contribution in [2.75, 3.05) is 25.1 Å². The minimum Gasteiger partial charge on any atom is -0.496 e. The van der Waals surface area contributed by atoms with E-state index in [-0.39, 0.29) is 0 Å². The van der Waals surface area contributed by atoms with Gasteiger partial charge in [0.15, 0.2) is 11.3 Å². The molecule has 0 fully saturated rings. The van der Waals surface area contributed by atoms with Gasteiger partial charge in [0, 0.05) is 65.2 Å². The first-order chi connectivity index (χ1) is 21.6. The Bertz CT molecular complexity index is 1770. The smallest absolute Gasteiger partial charge is 0.358 e. The average molecular weight is 588 g/mol. The van der Waals surface area contributed by atoms with Gasteiger partial charge in [-0.2, -0.15) is 0 Å². The second kappa shape index (κ2) is 12.6. The Morgan fingerprint density at radius 1 is 0.864 bits per heavy atom. The monoisotopic (exact) mass is 587 g/mol. The number of nitrogens with zero attached hydrogens (tertiary/aromatic N) is 3. The quantitative estimate of drug-likeness (QED) is 0.137. The summed E-state index contributed by atoms with van der Waals surface area (Å²) in [4.78, 5) is 20.7. The number of benzene rings is 3. The number of hydrogen-bond acceptors (Lipinski definition) is 5. The van der Waals surface area contributed by atoms with Gasteiger partial charge in [-0.05, 0) is 49.6 Å². The molecular weight excluding hydrogens is 546 g/mol. The summed E-state index contributed by atoms with van der Waals surface area (Å²) >= 11 is 0. The highest BCUT2D eigenvalue weighted by molar-refractivity contribution is 6.00. The number of fused-ring (bicyclic) bond motifs is 2. The van der Waals surface area contributed by atoms with Crippen molar-refractivity contribution in [3.63, 3.8) is 0 Å². The predicted octanol–water partition coefficient (Wildman–Crippen LogP) is 8.60. The zero-order valence-electron chi connectivity index (χ0n) is 26.2. The van der Waals surface area contributed by atoms with E-state index in [1.807, 2.05) is 18.2 Å². The molecule has 3 heterocycles. The van der Waals surface area contributed by atoms with Crippen LogP contribution in [0.4, 0.5) is 5.69 Å². The third-order valence-corrected chi connectivity index (χ3v) is 8.81. The van der Waals surface area contributed by atoms with E-state index in [0.29, 0.717) is 11.4 Å². The molecule has 3 aromatic carbocycles. The van der Waals surface area contributed by atoms with Crippen LogP contribution in [0.3, 0.4) is 0 Å². The fourth-order valence-electron chi connectivity index (χ4n) is 6.73. The minimum atomic E-state index is -1.28. The third-order valence-electron chi connectivity index (χ3n) is 8.81. The molecule has 226 valence electrons. The average Bonchev–Trinajstić information content (AvgIpc) is 3.57. The van der Waals surface area contributed by atoms with Crippen LogP contribution in [0.25, 0.3) is 22.2 Å². The lowest BCUT2D eigenvalue weighted by Crippen LogP contribution is -2.31. The van der Waals surface area contributed by atoms with Crippen LogP contribution in [0.5, 0.6) is 5.75 Å². The van der Waals surface area contributed by atoms with Gasteiger partial charge in [-0.1, -0.05) is 81.3 Å². The van der Waals surface area contributed by atoms with E-state index in [4.69, 9.17) is 9.47 Å². The topological polar surface area (TPSA) is 56.6 Å². The standard InChI is InChI=1S/C38H41N3O3/c1-5-8-24-40(25-9-6-2)28-21-22-30(33(26-28)43-4)38(31-19-15-23-39-35(31)37(42)44-38)34-29-18-13-14-20-32(29)41(7-3)36(34)27-16-11-10-12-17-27/h10-23,26H,5-9,24-25H2,1-4H3. The van der Waals surface area contributed by atoms with Gasteiger partial charge in [0.1, 0.15) is 5.75 Å². The molecule has 1 aliphatic heterocycles. The zero-order chi connectivity index (χ0) is 30.7. The molecule has 0 amide bonds. The number of carbonyl (C=O) groups is 1. The highest BCUT2D eigenvalue weighted by Gasteiger charge is 2.54. The fourth-order valence-corrected chi connectivity index (χ4v) is 6.73. The van der Waals surface area contributed by atoms with E-state index >= 15 is 0 Å². The van der Waals surface area contributed by atoms with Crippen molar-refractivity contribution in [3.8, 4) is 17.0 Å². The number of esters is 1. The molecule has 0 bridgehead atoms. The molecule has 0 saturated heterocycles. The number of methoxy groups -OCH3 is 1. The Morgan fingerprint density at radius 2 is 1.59 bits per heavy atom. The molecule has 6 heteroatoms. The van der Waals surface area contributed by atoms with Crippen molar-refractivity contribution in [2.24, 2.45) is 0 Å². The van der Waals surface area contributed by atoms with E-state index in [1.165, 1.54) is 0 Å². The molecule has 1 aliphatic rings. The number of hydrogen-bond donors (Lipinski definition) is 0. The van der Waals surface area contributed by atoms with Crippen LogP contribution in [-0.2, 0) is 16.9 Å². The van der Waals surface area contributed by atoms with Crippen LogP contribution >= 0.6 is 0 Å². The van der Waals surface area contributed by atoms with Gasteiger partial charge < -0.3 is 18.9 Å². The number of cyclic esters (lactones) is 1. The van der Waals surface area contributed by atoms with Crippen molar-refractivity contribution in [2.45, 2.75) is 58.6 Å². The molecule has 5 aromatic rings. The summed E-state index contributed by atoms with van der Waals surface area (Å²) in [5.74, 6) is 0.240. The van der Waals surface area contributed by atoms with Crippen LogP contribution < -0.4 is 9.64 Å². The molecule has 0 saturated carbocycles. The Morgan fingerprint density at radius 3 is 2.30 bits per heavy atom. The Labute approximate surface area is 260 Å². The summed E-state index contributed by atoms with van der Waals surface area (Å²) in [6.45, 7) is 9.31. The van der Waals surface area contributed by atoms with Gasteiger partial charge in [0.2, 0.25) is 0 Å². The number of carbonyl (C=O) groups excluding carboxylic acids is 1. The first kappa shape index (κ1) is 29.5. The molecule has 0 spiro atoms. The molecule has 2 aromatic heterocycles. The highest BCUT2D eigenvalue weighted by Crippen LogP contribution is 2.55. The first-order valence-corrected chi connectivity index (χ1v) is 15.9. The number of ether oxygens (including phenoxy) is 2. The largest absolute Gasteiger partial charge is 0.496 e. The molecule has 1 unspecified atom stereocenters. The second-order valence-electron chi connectivity index (χ2n) is 11.4. The Balaban J connectivity index is 1.69. The first-order valence-electron chi connectivity index (χ1n) is 15.9. The number of rotatable bonds is 12. The summed E-state index contributed by atoms with van der Waals surface area (Å²) < 4.78 is 15.2. The lowest BCUT2D eigenvalue weighted by molar-refractivity contribution is 0.0248. The zero-order valence-corrected chi connectivity index (χ0v) is 26.2. The molecule has 0 aliphatic carbocycles. The van der Waals surface area contributed by atoms with Crippen LogP contribution in [0, 0.1) is 0 Å². The highest BCUT2D eigenvalue weighted by atomic mass is 16.6. The van der Waals surface area contributed by atoms with Crippen molar-refractivity contribution < 1.29 is 14.3 Å². The molecule has 1 atom stereocenters. The van der Waals surface area contributed by atoms with E-state index in [2.05, 4.69) is 102 Å². The van der Waals surface area contributed by atoms with Gasteiger partial charge in [-0.25, -0.2) is 9.78 Å². The molecule has 44 heavy (non-hydrogen) atoms. The maximum absolute atomic E-state index is 13.8. The lowest BCUT2D eigenvalue weighted by Gasteiger charge is -2.33. The number of anilines is 1. The van der Waals surface area contributed by atoms with Gasteiger partial charge in [0.05, 0.1) is 12.8 Å². The van der Waals surface area contributed by atoms with Crippen molar-refractivity contribution in [1.82, 2.24) is 9.55 Å². The SMILES string of the molecule is CCCCN(CCCC)c1ccc(C2(c3c(-c4ccccc4)n(CC)c4ccccc34)OC(=O)c3ncccc32)c(OC)c1. The number of pyridine rings is 1. The van der Waals surface area contributed by atoms with E-state index in [0.717, 1.165) is 89.9 Å². The predicted molar refractivity (Wildman–Crippen MR) is 178 cm³/mol. The number of aromatic nitrogens is 2. The van der Waals surface area contributed by atoms with Crippen LogP contribution in [0.15, 0.2) is 91.1 Å².